The van der Waals surface area contributed by atoms with Gasteiger partial charge in [0.1, 0.15) is 6.29 Å². The second-order valence-corrected chi connectivity index (χ2v) is 5.20. The van der Waals surface area contributed by atoms with Crippen LogP contribution >= 0.6 is 22.6 Å². The van der Waals surface area contributed by atoms with Gasteiger partial charge in [-0.1, -0.05) is 12.5 Å². The van der Waals surface area contributed by atoms with Crippen LogP contribution in [0.5, 0.6) is 0 Å². The van der Waals surface area contributed by atoms with Crippen LogP contribution in [0.1, 0.15) is 33.1 Å². The van der Waals surface area contributed by atoms with Gasteiger partial charge in [0.15, 0.2) is 0 Å². The van der Waals surface area contributed by atoms with Gasteiger partial charge in [-0.2, -0.15) is 0 Å². The summed E-state index contributed by atoms with van der Waals surface area (Å²) in [5.74, 6) is 1.24. The number of hydrogen-bond acceptors (Lipinski definition) is 1. The molecule has 0 N–H and O–H groups in total. The second kappa shape index (κ2) is 4.40. The number of aldehydes is 1. The largest absolute Gasteiger partial charge is 0.303 e. The molecule has 0 radical (unpaired) electrons. The van der Waals surface area contributed by atoms with E-state index in [1.54, 1.807) is 0 Å². The van der Waals surface area contributed by atoms with Gasteiger partial charge >= 0.3 is 0 Å². The Balaban J connectivity index is 2.77. The summed E-state index contributed by atoms with van der Waals surface area (Å²) < 4.78 is 1.39. The van der Waals surface area contributed by atoms with Crippen LogP contribution in [0.2, 0.25) is 0 Å². The Morgan fingerprint density at radius 3 is 2.92 bits per heavy atom. The normalized spacial score (nSPS) is 33.6. The molecule has 0 bridgehead atoms. The first kappa shape index (κ1) is 10.2. The van der Waals surface area contributed by atoms with E-state index < -0.39 is 0 Å². The maximum atomic E-state index is 10.4. The van der Waals surface area contributed by atoms with Crippen molar-refractivity contribution in [1.82, 2.24) is 0 Å². The first-order chi connectivity index (χ1) is 5.66. The fourth-order valence-electron chi connectivity index (χ4n) is 2.02. The summed E-state index contributed by atoms with van der Waals surface area (Å²) in [6, 6.07) is 0. The lowest BCUT2D eigenvalue weighted by atomic mass is 9.92. The number of halogens is 1. The zero-order chi connectivity index (χ0) is 9.14. The minimum atomic E-state index is 0.541. The number of carbonyl (C=O) groups excluding carboxylic acids is 1. The average Bonchev–Trinajstić information content (AvgIpc) is 2.34. The molecular weight excluding hydrogens is 263 g/mol. The predicted molar refractivity (Wildman–Crippen MR) is 59.3 cm³/mol. The molecule has 12 heavy (non-hydrogen) atoms. The molecule has 0 unspecified atom stereocenters. The minimum Gasteiger partial charge on any atom is -0.303 e. The summed E-state index contributed by atoms with van der Waals surface area (Å²) in [6.07, 6.45) is 4.24. The van der Waals surface area contributed by atoms with E-state index in [2.05, 4.69) is 36.4 Å². The van der Waals surface area contributed by atoms with Crippen LogP contribution in [-0.2, 0) is 4.79 Å². The summed E-state index contributed by atoms with van der Waals surface area (Å²) in [7, 11) is 0. The van der Waals surface area contributed by atoms with Crippen LogP contribution in [0.3, 0.4) is 0 Å². The van der Waals surface area contributed by atoms with Crippen molar-refractivity contribution in [3.63, 3.8) is 0 Å². The van der Waals surface area contributed by atoms with Crippen molar-refractivity contribution in [2.24, 2.45) is 11.8 Å². The van der Waals surface area contributed by atoms with Gasteiger partial charge in [0.25, 0.3) is 0 Å². The van der Waals surface area contributed by atoms with E-state index in [-0.39, 0.29) is 0 Å². The van der Waals surface area contributed by atoms with Crippen molar-refractivity contribution in [3.8, 4) is 0 Å². The average molecular weight is 278 g/mol. The molecule has 1 fully saturated rings. The Kier molecular flexibility index (Phi) is 3.75. The Morgan fingerprint density at radius 1 is 1.75 bits per heavy atom. The third kappa shape index (κ3) is 2.09. The Labute approximate surface area is 87.8 Å². The van der Waals surface area contributed by atoms with Gasteiger partial charge in [-0.15, -0.1) is 0 Å². The van der Waals surface area contributed by atoms with Crippen LogP contribution in [0.25, 0.3) is 0 Å². The highest BCUT2D eigenvalue weighted by Gasteiger charge is 2.28. The van der Waals surface area contributed by atoms with E-state index in [0.29, 0.717) is 11.8 Å². The lowest BCUT2D eigenvalue weighted by molar-refractivity contribution is -0.108. The maximum absolute atomic E-state index is 10.4. The van der Waals surface area contributed by atoms with E-state index in [1.165, 1.54) is 22.0 Å². The molecule has 0 aliphatic heterocycles. The zero-order valence-electron chi connectivity index (χ0n) is 7.64. The highest BCUT2D eigenvalue weighted by atomic mass is 127. The molecule has 1 aliphatic rings. The molecular formula is C10H15IO. The van der Waals surface area contributed by atoms with Crippen molar-refractivity contribution in [1.29, 1.82) is 0 Å². The standard InChI is InChI=1S/C10H15IO/c1-7-3-4-10(8(2)11)9(7)5-6-12/h6-7,9H,3-5H2,1-2H3/b10-8-/t7-,9+/m0/s1. The van der Waals surface area contributed by atoms with Crippen molar-refractivity contribution in [3.05, 3.63) is 9.15 Å². The molecule has 1 rings (SSSR count). The SMILES string of the molecule is C/C(I)=C1\CC[C@H](C)[C@H]1CC=O. The van der Waals surface area contributed by atoms with Crippen molar-refractivity contribution < 1.29 is 4.79 Å². The molecule has 1 nitrogen and oxygen atoms in total. The summed E-state index contributed by atoms with van der Waals surface area (Å²) in [4.78, 5) is 10.4. The van der Waals surface area contributed by atoms with E-state index in [1.807, 2.05) is 0 Å². The van der Waals surface area contributed by atoms with Crippen LogP contribution < -0.4 is 0 Å². The molecule has 0 saturated heterocycles. The predicted octanol–water partition coefficient (Wildman–Crippen LogP) is 3.33. The third-order valence-electron chi connectivity index (χ3n) is 2.80. The highest BCUT2D eigenvalue weighted by molar-refractivity contribution is 14.1. The summed E-state index contributed by atoms with van der Waals surface area (Å²) in [5, 5.41) is 0. The zero-order valence-corrected chi connectivity index (χ0v) is 9.80. The molecule has 0 aromatic carbocycles. The van der Waals surface area contributed by atoms with E-state index >= 15 is 0 Å². The number of allylic oxidation sites excluding steroid dienone is 2. The Hall–Kier alpha value is 0.140. The topological polar surface area (TPSA) is 17.1 Å². The molecule has 0 spiro atoms. The summed E-state index contributed by atoms with van der Waals surface area (Å²) in [5.41, 5.74) is 1.52. The first-order valence-electron chi connectivity index (χ1n) is 4.45. The van der Waals surface area contributed by atoms with Gasteiger partial charge in [-0.05, 0) is 57.8 Å². The van der Waals surface area contributed by atoms with Crippen molar-refractivity contribution in [2.75, 3.05) is 0 Å². The molecule has 0 aromatic heterocycles. The third-order valence-corrected chi connectivity index (χ3v) is 3.49. The highest BCUT2D eigenvalue weighted by Crippen LogP contribution is 2.40. The molecule has 1 saturated carbocycles. The lowest BCUT2D eigenvalue weighted by Gasteiger charge is -2.14. The number of rotatable bonds is 2. The summed E-state index contributed by atoms with van der Waals surface area (Å²) >= 11 is 2.37. The Morgan fingerprint density at radius 2 is 2.42 bits per heavy atom. The van der Waals surface area contributed by atoms with E-state index in [9.17, 15) is 4.79 Å². The van der Waals surface area contributed by atoms with Gasteiger partial charge in [0, 0.05) is 6.42 Å². The fraction of sp³-hybridized carbons (Fsp3) is 0.700. The summed E-state index contributed by atoms with van der Waals surface area (Å²) in [6.45, 7) is 4.40. The van der Waals surface area contributed by atoms with E-state index in [4.69, 9.17) is 0 Å². The van der Waals surface area contributed by atoms with Crippen molar-refractivity contribution >= 4 is 28.9 Å². The monoisotopic (exact) mass is 278 g/mol. The molecule has 0 amide bonds. The van der Waals surface area contributed by atoms with Crippen LogP contribution in [0.4, 0.5) is 0 Å². The molecule has 0 aromatic rings. The lowest BCUT2D eigenvalue weighted by Crippen LogP contribution is -2.06. The molecule has 2 atom stereocenters. The number of hydrogen-bond donors (Lipinski definition) is 0. The smallest absolute Gasteiger partial charge is 0.120 e. The van der Waals surface area contributed by atoms with Gasteiger partial charge in [0.2, 0.25) is 0 Å². The number of carbonyl (C=O) groups is 1. The van der Waals surface area contributed by atoms with Crippen molar-refractivity contribution in [2.45, 2.75) is 33.1 Å². The second-order valence-electron chi connectivity index (χ2n) is 3.58. The van der Waals surface area contributed by atoms with Gasteiger partial charge in [-0.3, -0.25) is 0 Å². The molecule has 68 valence electrons. The van der Waals surface area contributed by atoms with Crippen LogP contribution in [-0.4, -0.2) is 6.29 Å². The first-order valence-corrected chi connectivity index (χ1v) is 5.53. The quantitative estimate of drug-likeness (QED) is 0.559. The van der Waals surface area contributed by atoms with E-state index in [0.717, 1.165) is 12.7 Å². The maximum Gasteiger partial charge on any atom is 0.120 e. The Bertz CT molecular complexity index is 204. The molecule has 2 heteroatoms. The van der Waals surface area contributed by atoms with Gasteiger partial charge in [-0.25, -0.2) is 0 Å². The molecule has 0 heterocycles. The van der Waals surface area contributed by atoms with Crippen LogP contribution in [0.15, 0.2) is 9.15 Å². The minimum absolute atomic E-state index is 0.541. The van der Waals surface area contributed by atoms with Crippen LogP contribution in [0, 0.1) is 11.8 Å². The van der Waals surface area contributed by atoms with Gasteiger partial charge < -0.3 is 4.79 Å². The van der Waals surface area contributed by atoms with Gasteiger partial charge in [0.05, 0.1) is 0 Å². The fourth-order valence-corrected chi connectivity index (χ4v) is 2.69. The molecule has 1 aliphatic carbocycles.